The summed E-state index contributed by atoms with van der Waals surface area (Å²) in [6.07, 6.45) is 7.99. The van der Waals surface area contributed by atoms with Gasteiger partial charge in [0.2, 0.25) is 0 Å². The van der Waals surface area contributed by atoms with Gasteiger partial charge in [-0.1, -0.05) is 6.92 Å². The fourth-order valence-electron chi connectivity index (χ4n) is 3.95. The number of likely N-dealkylation sites (tertiary alicyclic amines) is 1. The van der Waals surface area contributed by atoms with Gasteiger partial charge in [-0.2, -0.15) is 0 Å². The minimum Gasteiger partial charge on any atom is -0.394 e. The number of hydrogen-bond acceptors (Lipinski definition) is 4. The van der Waals surface area contributed by atoms with Crippen molar-refractivity contribution >= 4 is 5.78 Å². The van der Waals surface area contributed by atoms with E-state index in [4.69, 9.17) is 9.84 Å². The minimum atomic E-state index is 0.112. The highest BCUT2D eigenvalue weighted by Crippen LogP contribution is 2.46. The molecule has 4 nitrogen and oxygen atoms in total. The molecule has 1 N–H and O–H groups in total. The molecule has 1 aliphatic heterocycles. The van der Waals surface area contributed by atoms with Crippen molar-refractivity contribution in [2.75, 3.05) is 39.5 Å². The summed E-state index contributed by atoms with van der Waals surface area (Å²) in [6.45, 7) is 6.58. The van der Waals surface area contributed by atoms with Gasteiger partial charge in [0, 0.05) is 18.9 Å². The molecule has 1 spiro atoms. The molecule has 0 atom stereocenters. The van der Waals surface area contributed by atoms with Crippen LogP contribution in [0.3, 0.4) is 0 Å². The Morgan fingerprint density at radius 2 is 1.86 bits per heavy atom. The molecule has 1 aliphatic carbocycles. The lowest BCUT2D eigenvalue weighted by atomic mass is 9.65. The van der Waals surface area contributed by atoms with Crippen LogP contribution in [0.15, 0.2) is 0 Å². The van der Waals surface area contributed by atoms with Crippen LogP contribution in [0.2, 0.25) is 0 Å². The zero-order chi connectivity index (χ0) is 15.1. The second-order valence-corrected chi connectivity index (χ2v) is 6.77. The fourth-order valence-corrected chi connectivity index (χ4v) is 3.95. The van der Waals surface area contributed by atoms with Crippen LogP contribution >= 0.6 is 0 Å². The van der Waals surface area contributed by atoms with Gasteiger partial charge in [-0.3, -0.25) is 4.79 Å². The van der Waals surface area contributed by atoms with Gasteiger partial charge in [-0.15, -0.1) is 0 Å². The van der Waals surface area contributed by atoms with Crippen LogP contribution < -0.4 is 0 Å². The monoisotopic (exact) mass is 297 g/mol. The van der Waals surface area contributed by atoms with Crippen LogP contribution in [0.1, 0.15) is 51.9 Å². The first-order valence-electron chi connectivity index (χ1n) is 8.63. The van der Waals surface area contributed by atoms with Crippen molar-refractivity contribution in [3.8, 4) is 0 Å². The Morgan fingerprint density at radius 1 is 1.19 bits per heavy atom. The molecule has 0 aromatic heterocycles. The van der Waals surface area contributed by atoms with Crippen molar-refractivity contribution in [3.63, 3.8) is 0 Å². The first-order valence-corrected chi connectivity index (χ1v) is 8.63. The van der Waals surface area contributed by atoms with Gasteiger partial charge >= 0.3 is 0 Å². The van der Waals surface area contributed by atoms with Gasteiger partial charge in [-0.25, -0.2) is 0 Å². The third-order valence-corrected chi connectivity index (χ3v) is 5.55. The predicted octanol–water partition coefficient (Wildman–Crippen LogP) is 2.25. The summed E-state index contributed by atoms with van der Waals surface area (Å²) >= 11 is 0. The lowest BCUT2D eigenvalue weighted by Crippen LogP contribution is -2.43. The maximum atomic E-state index is 11.8. The molecule has 0 aromatic carbocycles. The maximum absolute atomic E-state index is 11.8. The average Bonchev–Trinajstić information content (AvgIpc) is 2.53. The van der Waals surface area contributed by atoms with Crippen LogP contribution in [-0.2, 0) is 9.53 Å². The van der Waals surface area contributed by atoms with Crippen LogP contribution in [0, 0.1) is 11.3 Å². The molecule has 2 fully saturated rings. The van der Waals surface area contributed by atoms with E-state index in [1.54, 1.807) is 0 Å². The molecule has 0 unspecified atom stereocenters. The number of Topliss-reactive ketones (excluding diaryl/α,β-unsaturated/α-hetero) is 1. The average molecular weight is 297 g/mol. The summed E-state index contributed by atoms with van der Waals surface area (Å²) in [6, 6.07) is 0. The van der Waals surface area contributed by atoms with Crippen molar-refractivity contribution in [2.45, 2.75) is 51.9 Å². The smallest absolute Gasteiger partial charge is 0.135 e. The highest BCUT2D eigenvalue weighted by atomic mass is 16.5. The molecular weight excluding hydrogens is 266 g/mol. The zero-order valence-electron chi connectivity index (χ0n) is 13.5. The Morgan fingerprint density at radius 3 is 2.43 bits per heavy atom. The SMILES string of the molecule is CCC(=O)C1CCC2(CC1)CCN(CCOCCO)CC2. The highest BCUT2D eigenvalue weighted by molar-refractivity contribution is 5.80. The van der Waals surface area contributed by atoms with Gasteiger partial charge in [0.1, 0.15) is 5.78 Å². The molecule has 1 saturated carbocycles. The first-order chi connectivity index (χ1) is 10.2. The maximum Gasteiger partial charge on any atom is 0.135 e. The highest BCUT2D eigenvalue weighted by Gasteiger charge is 2.39. The quantitative estimate of drug-likeness (QED) is 0.732. The molecular formula is C17H31NO3. The number of hydrogen-bond donors (Lipinski definition) is 1. The summed E-state index contributed by atoms with van der Waals surface area (Å²) in [4.78, 5) is 14.3. The normalized spacial score (nSPS) is 23.5. The van der Waals surface area contributed by atoms with Gasteiger partial charge in [-0.05, 0) is 57.0 Å². The first kappa shape index (κ1) is 16.9. The number of aliphatic hydroxyl groups is 1. The van der Waals surface area contributed by atoms with Crippen molar-refractivity contribution < 1.29 is 14.6 Å². The predicted molar refractivity (Wildman–Crippen MR) is 83.3 cm³/mol. The number of piperidine rings is 1. The molecule has 0 bridgehead atoms. The molecule has 0 amide bonds. The van der Waals surface area contributed by atoms with Crippen molar-refractivity contribution in [1.82, 2.24) is 4.90 Å². The Kier molecular flexibility index (Phi) is 6.65. The zero-order valence-corrected chi connectivity index (χ0v) is 13.5. The molecule has 21 heavy (non-hydrogen) atoms. The molecule has 122 valence electrons. The number of aliphatic hydroxyl groups excluding tert-OH is 1. The number of ketones is 1. The van der Waals surface area contributed by atoms with Gasteiger partial charge < -0.3 is 14.7 Å². The molecule has 1 saturated heterocycles. The topological polar surface area (TPSA) is 49.8 Å². The van der Waals surface area contributed by atoms with Crippen molar-refractivity contribution in [1.29, 1.82) is 0 Å². The van der Waals surface area contributed by atoms with Crippen molar-refractivity contribution in [3.05, 3.63) is 0 Å². The fraction of sp³-hybridized carbons (Fsp3) is 0.941. The van der Waals surface area contributed by atoms with Gasteiger partial charge in [0.05, 0.1) is 19.8 Å². The van der Waals surface area contributed by atoms with E-state index in [-0.39, 0.29) is 6.61 Å². The van der Waals surface area contributed by atoms with E-state index in [9.17, 15) is 4.79 Å². The van der Waals surface area contributed by atoms with E-state index in [1.165, 1.54) is 25.7 Å². The third-order valence-electron chi connectivity index (χ3n) is 5.55. The summed E-state index contributed by atoms with van der Waals surface area (Å²) < 4.78 is 5.35. The van der Waals surface area contributed by atoms with E-state index < -0.39 is 0 Å². The van der Waals surface area contributed by atoms with Crippen LogP contribution in [0.5, 0.6) is 0 Å². The van der Waals surface area contributed by atoms with Crippen molar-refractivity contribution in [2.24, 2.45) is 11.3 Å². The van der Waals surface area contributed by atoms with Crippen LogP contribution in [0.25, 0.3) is 0 Å². The number of rotatable bonds is 7. The number of carbonyl (C=O) groups excluding carboxylic acids is 1. The second kappa shape index (κ2) is 8.25. The van der Waals surface area contributed by atoms with E-state index in [1.807, 2.05) is 6.92 Å². The Balaban J connectivity index is 1.68. The minimum absolute atomic E-state index is 0.112. The number of carbonyl (C=O) groups is 1. The Labute approximate surface area is 128 Å². The largest absolute Gasteiger partial charge is 0.394 e. The summed E-state index contributed by atoms with van der Waals surface area (Å²) in [5.41, 5.74) is 0.521. The molecule has 1 heterocycles. The Hall–Kier alpha value is -0.450. The van der Waals surface area contributed by atoms with Gasteiger partial charge in [0.15, 0.2) is 0 Å². The van der Waals surface area contributed by atoms with E-state index >= 15 is 0 Å². The molecule has 0 radical (unpaired) electrons. The van der Waals surface area contributed by atoms with Crippen LogP contribution in [-0.4, -0.2) is 55.2 Å². The van der Waals surface area contributed by atoms with E-state index in [0.717, 1.165) is 39.1 Å². The summed E-state index contributed by atoms with van der Waals surface area (Å²) in [5.74, 6) is 0.828. The third kappa shape index (κ3) is 4.76. The standard InChI is InChI=1S/C17H31NO3/c1-2-16(20)15-3-5-17(6-4-15)7-9-18(10-8-17)11-13-21-14-12-19/h15,19H,2-14H2,1H3. The molecule has 2 aliphatic rings. The lowest BCUT2D eigenvalue weighted by molar-refractivity contribution is -0.124. The number of ether oxygens (including phenoxy) is 1. The number of nitrogens with zero attached hydrogens (tertiary/aromatic N) is 1. The molecule has 4 heteroatoms. The van der Waals surface area contributed by atoms with Crippen LogP contribution in [0.4, 0.5) is 0 Å². The molecule has 2 rings (SSSR count). The van der Waals surface area contributed by atoms with Gasteiger partial charge in [0.25, 0.3) is 0 Å². The Bertz CT molecular complexity index is 314. The van der Waals surface area contributed by atoms with E-state index in [2.05, 4.69) is 4.90 Å². The second-order valence-electron chi connectivity index (χ2n) is 6.77. The van der Waals surface area contributed by atoms with E-state index in [0.29, 0.717) is 30.1 Å². The molecule has 0 aromatic rings. The lowest BCUT2D eigenvalue weighted by Gasteiger charge is -2.45. The summed E-state index contributed by atoms with van der Waals surface area (Å²) in [5, 5.41) is 8.68. The summed E-state index contributed by atoms with van der Waals surface area (Å²) in [7, 11) is 0.